The van der Waals surface area contributed by atoms with Crippen LogP contribution in [0.25, 0.3) is 0 Å². The van der Waals surface area contributed by atoms with E-state index >= 15 is 0 Å². The summed E-state index contributed by atoms with van der Waals surface area (Å²) in [6, 6.07) is 13.2. The first-order chi connectivity index (χ1) is 20.8. The summed E-state index contributed by atoms with van der Waals surface area (Å²) in [6.07, 6.45) is 20.9. The van der Waals surface area contributed by atoms with Crippen molar-refractivity contribution in [3.05, 3.63) is 58.7 Å². The van der Waals surface area contributed by atoms with Crippen molar-refractivity contribution in [1.82, 2.24) is 0 Å². The molecule has 0 saturated carbocycles. The van der Waals surface area contributed by atoms with Gasteiger partial charge < -0.3 is 0 Å². The standard InChI is InChI=1S/C38H66BO3P/c1-9-15-21-35-31-33(7)23-25-37(35)40-39(41-38-26-24-34(8)32-36(38)22-16-10-2)42-43(27-17-11-3,28-18-12-4,29-19-13-5)30-20-14-6/h23-26,31-32H,9-22,27-30H2,1-8H3. The van der Waals surface area contributed by atoms with Crippen molar-refractivity contribution in [1.29, 1.82) is 0 Å². The number of hydrogen-bond donors (Lipinski definition) is 0. The molecule has 2 aromatic rings. The van der Waals surface area contributed by atoms with Crippen molar-refractivity contribution in [2.24, 2.45) is 0 Å². The SMILES string of the molecule is CCCCc1cc(C)ccc1OB(Oc1ccc(C)cc1CCCC)OP(CCCC)(CCCC)(CCCC)CCCC. The fraction of sp³-hybridized carbons (Fsp3) is 0.684. The van der Waals surface area contributed by atoms with Gasteiger partial charge in [0.1, 0.15) is 0 Å². The van der Waals surface area contributed by atoms with Crippen LogP contribution in [0.1, 0.15) is 141 Å². The van der Waals surface area contributed by atoms with Gasteiger partial charge in [-0.25, -0.2) is 0 Å². The van der Waals surface area contributed by atoms with Crippen molar-refractivity contribution in [2.75, 3.05) is 24.6 Å². The van der Waals surface area contributed by atoms with E-state index in [9.17, 15) is 0 Å². The Labute approximate surface area is 267 Å². The fourth-order valence-electron chi connectivity index (χ4n) is 6.40. The molecule has 0 aromatic heterocycles. The van der Waals surface area contributed by atoms with Crippen LogP contribution >= 0.6 is 6.83 Å². The molecule has 0 spiro atoms. The summed E-state index contributed by atoms with van der Waals surface area (Å²) in [5.74, 6) is 1.83. The molecule has 0 aliphatic carbocycles. The van der Waals surface area contributed by atoms with Crippen LogP contribution in [0.3, 0.4) is 0 Å². The summed E-state index contributed by atoms with van der Waals surface area (Å²) in [4.78, 5) is 0. The predicted molar refractivity (Wildman–Crippen MR) is 194 cm³/mol. The van der Waals surface area contributed by atoms with Crippen LogP contribution < -0.4 is 9.31 Å². The summed E-state index contributed by atoms with van der Waals surface area (Å²) in [6.45, 7) is 15.5. The average Bonchev–Trinajstić information content (AvgIpc) is 3.01. The van der Waals surface area contributed by atoms with E-state index in [1.54, 1.807) is 0 Å². The molecule has 0 radical (unpaired) electrons. The molecule has 0 unspecified atom stereocenters. The predicted octanol–water partition coefficient (Wildman–Crippen LogP) is 12.1. The van der Waals surface area contributed by atoms with Crippen LogP contribution in [0.15, 0.2) is 36.4 Å². The number of rotatable bonds is 24. The van der Waals surface area contributed by atoms with Gasteiger partial charge in [0, 0.05) is 0 Å². The topological polar surface area (TPSA) is 27.7 Å². The van der Waals surface area contributed by atoms with Gasteiger partial charge in [-0.1, -0.05) is 0 Å². The van der Waals surface area contributed by atoms with E-state index in [1.807, 2.05) is 0 Å². The van der Waals surface area contributed by atoms with E-state index in [1.165, 1.54) is 98.3 Å². The maximum atomic E-state index is 7.71. The first-order valence-electron chi connectivity index (χ1n) is 18.0. The van der Waals surface area contributed by atoms with E-state index in [-0.39, 0.29) is 0 Å². The second kappa shape index (κ2) is 19.8. The van der Waals surface area contributed by atoms with E-state index in [0.29, 0.717) is 0 Å². The third-order valence-electron chi connectivity index (χ3n) is 9.17. The van der Waals surface area contributed by atoms with Gasteiger partial charge >= 0.3 is 268 Å². The molecule has 0 amide bonds. The van der Waals surface area contributed by atoms with Crippen LogP contribution in [0.4, 0.5) is 0 Å². The van der Waals surface area contributed by atoms with Gasteiger partial charge in [-0.2, -0.15) is 0 Å². The van der Waals surface area contributed by atoms with Gasteiger partial charge in [0.25, 0.3) is 0 Å². The van der Waals surface area contributed by atoms with Crippen LogP contribution in [-0.4, -0.2) is 32.0 Å². The van der Waals surface area contributed by atoms with Crippen molar-refractivity contribution in [3.63, 3.8) is 0 Å². The monoisotopic (exact) mass is 612 g/mol. The van der Waals surface area contributed by atoms with Gasteiger partial charge in [0.2, 0.25) is 0 Å². The van der Waals surface area contributed by atoms with E-state index < -0.39 is 14.2 Å². The molecule has 0 atom stereocenters. The Morgan fingerprint density at radius 1 is 0.512 bits per heavy atom. The van der Waals surface area contributed by atoms with Crippen LogP contribution in [0, 0.1) is 13.8 Å². The fourth-order valence-corrected chi connectivity index (χ4v) is 13.2. The third-order valence-corrected chi connectivity index (χ3v) is 15.7. The quantitative estimate of drug-likeness (QED) is 0.0872. The zero-order chi connectivity index (χ0) is 31.6. The summed E-state index contributed by atoms with van der Waals surface area (Å²) in [5.41, 5.74) is 5.07. The first-order valence-corrected chi connectivity index (χ1v) is 20.9. The third kappa shape index (κ3) is 12.1. The van der Waals surface area contributed by atoms with Crippen LogP contribution in [-0.2, 0) is 17.3 Å². The van der Waals surface area contributed by atoms with Gasteiger partial charge in [-0.3, -0.25) is 0 Å². The van der Waals surface area contributed by atoms with Crippen molar-refractivity contribution < 1.29 is 13.7 Å². The van der Waals surface area contributed by atoms with Crippen LogP contribution in [0.2, 0.25) is 0 Å². The Morgan fingerprint density at radius 3 is 1.19 bits per heavy atom. The second-order valence-electron chi connectivity index (χ2n) is 13.2. The molecule has 0 heterocycles. The molecule has 43 heavy (non-hydrogen) atoms. The Morgan fingerprint density at radius 2 is 0.860 bits per heavy atom. The Kier molecular flexibility index (Phi) is 17.3. The number of unbranched alkanes of at least 4 members (excludes halogenated alkanes) is 6. The Bertz CT molecular complexity index is 952. The molecule has 0 bridgehead atoms. The molecule has 0 N–H and O–H groups in total. The van der Waals surface area contributed by atoms with Gasteiger partial charge in [-0.05, 0) is 0 Å². The Hall–Kier alpha value is -1.51. The molecule has 5 heteroatoms. The number of benzene rings is 2. The molecule has 0 aliphatic heterocycles. The second-order valence-corrected chi connectivity index (χ2v) is 18.9. The zero-order valence-electron chi connectivity index (χ0n) is 29.4. The zero-order valence-corrected chi connectivity index (χ0v) is 30.3. The molecule has 0 fully saturated rings. The average molecular weight is 613 g/mol. The van der Waals surface area contributed by atoms with Gasteiger partial charge in [0.05, 0.1) is 0 Å². The molecule has 0 saturated heterocycles. The molecule has 3 nitrogen and oxygen atoms in total. The Balaban J connectivity index is 2.70. The summed E-state index contributed by atoms with van der Waals surface area (Å²) in [7, 11) is -0.758. The van der Waals surface area contributed by atoms with E-state index in [2.05, 4.69) is 91.8 Å². The molecule has 2 aromatic carbocycles. The number of hydrogen-bond acceptors (Lipinski definition) is 3. The van der Waals surface area contributed by atoms with Gasteiger partial charge in [0.15, 0.2) is 0 Å². The molecular formula is C38H66BO3P. The molecular weight excluding hydrogens is 546 g/mol. The summed E-state index contributed by atoms with van der Waals surface area (Å²) in [5, 5.41) is 0. The summed E-state index contributed by atoms with van der Waals surface area (Å²) >= 11 is 0. The minimum absolute atomic E-state index is 0.758. The number of aryl methyl sites for hydroxylation is 4. The maximum absolute atomic E-state index is 7.71. The molecule has 244 valence electrons. The minimum atomic E-state index is -2.67. The van der Waals surface area contributed by atoms with E-state index in [4.69, 9.17) is 13.7 Å². The first kappa shape index (κ1) is 37.7. The van der Waals surface area contributed by atoms with Crippen molar-refractivity contribution in [2.45, 2.75) is 145 Å². The molecule has 0 aliphatic rings. The molecule has 2 rings (SSSR count). The van der Waals surface area contributed by atoms with Crippen LogP contribution in [0.5, 0.6) is 11.5 Å². The van der Waals surface area contributed by atoms with Crippen molar-refractivity contribution >= 4 is 14.2 Å². The van der Waals surface area contributed by atoms with E-state index in [0.717, 1.165) is 50.0 Å². The normalized spacial score (nSPS) is 12.6. The summed E-state index contributed by atoms with van der Waals surface area (Å²) < 4.78 is 21.7. The van der Waals surface area contributed by atoms with Gasteiger partial charge in [-0.15, -0.1) is 0 Å². The van der Waals surface area contributed by atoms with Crippen molar-refractivity contribution in [3.8, 4) is 11.5 Å².